The van der Waals surface area contributed by atoms with E-state index in [1.807, 2.05) is 24.3 Å². The second-order valence-corrected chi connectivity index (χ2v) is 5.19. The van der Waals surface area contributed by atoms with Gasteiger partial charge in [-0.3, -0.25) is 4.79 Å². The molecule has 0 heterocycles. The largest absolute Gasteiger partial charge is 0.368 e. The van der Waals surface area contributed by atoms with Gasteiger partial charge in [0.05, 0.1) is 6.04 Å². The SMILES string of the molecule is NC(=O)C(N)CCSc1cccc(Br)c1. The Morgan fingerprint density at radius 2 is 2.27 bits per heavy atom. The zero-order valence-electron chi connectivity index (χ0n) is 8.15. The molecule has 3 nitrogen and oxygen atoms in total. The maximum atomic E-state index is 10.7. The van der Waals surface area contributed by atoms with Crippen LogP contribution in [0.5, 0.6) is 0 Å². The normalized spacial score (nSPS) is 12.4. The summed E-state index contributed by atoms with van der Waals surface area (Å²) in [6.45, 7) is 0. The molecule has 5 heteroatoms. The van der Waals surface area contributed by atoms with Gasteiger partial charge in [-0.05, 0) is 30.4 Å². The Labute approximate surface area is 102 Å². The van der Waals surface area contributed by atoms with Gasteiger partial charge in [-0.15, -0.1) is 11.8 Å². The second-order valence-electron chi connectivity index (χ2n) is 3.10. The number of hydrogen-bond donors (Lipinski definition) is 2. The quantitative estimate of drug-likeness (QED) is 0.811. The van der Waals surface area contributed by atoms with Crippen LogP contribution in [0.2, 0.25) is 0 Å². The van der Waals surface area contributed by atoms with Crippen LogP contribution in [0.3, 0.4) is 0 Å². The Morgan fingerprint density at radius 1 is 1.53 bits per heavy atom. The molecule has 82 valence electrons. The zero-order valence-corrected chi connectivity index (χ0v) is 10.6. The summed E-state index contributed by atoms with van der Waals surface area (Å²) < 4.78 is 1.05. The van der Waals surface area contributed by atoms with Crippen molar-refractivity contribution in [2.45, 2.75) is 17.4 Å². The molecule has 1 aromatic carbocycles. The fourth-order valence-corrected chi connectivity index (χ4v) is 2.55. The monoisotopic (exact) mass is 288 g/mol. The zero-order chi connectivity index (χ0) is 11.3. The van der Waals surface area contributed by atoms with Crippen molar-refractivity contribution < 1.29 is 4.79 Å². The molecular formula is C10H13BrN2OS. The van der Waals surface area contributed by atoms with E-state index in [0.29, 0.717) is 6.42 Å². The highest BCUT2D eigenvalue weighted by atomic mass is 79.9. The summed E-state index contributed by atoms with van der Waals surface area (Å²) in [7, 11) is 0. The molecule has 1 unspecified atom stereocenters. The maximum absolute atomic E-state index is 10.7. The first kappa shape index (κ1) is 12.5. The highest BCUT2D eigenvalue weighted by molar-refractivity contribution is 9.10. The van der Waals surface area contributed by atoms with E-state index in [2.05, 4.69) is 15.9 Å². The standard InChI is InChI=1S/C10H13BrN2OS/c11-7-2-1-3-8(6-7)15-5-4-9(12)10(13)14/h1-3,6,9H,4-5,12H2,(H2,13,14). The Kier molecular flexibility index (Phi) is 5.14. The van der Waals surface area contributed by atoms with E-state index in [1.54, 1.807) is 11.8 Å². The predicted octanol–water partition coefficient (Wildman–Crippen LogP) is 1.74. The molecule has 1 atom stereocenters. The molecule has 0 fully saturated rings. The van der Waals surface area contributed by atoms with Gasteiger partial charge in [0.15, 0.2) is 0 Å². The van der Waals surface area contributed by atoms with Crippen LogP contribution in [0.25, 0.3) is 0 Å². The van der Waals surface area contributed by atoms with Gasteiger partial charge in [0, 0.05) is 9.37 Å². The van der Waals surface area contributed by atoms with Crippen LogP contribution in [0, 0.1) is 0 Å². The minimum atomic E-state index is -0.537. The molecule has 0 aliphatic rings. The molecule has 0 bridgehead atoms. The molecule has 1 amide bonds. The van der Waals surface area contributed by atoms with Gasteiger partial charge in [0.1, 0.15) is 0 Å². The van der Waals surface area contributed by atoms with E-state index in [0.717, 1.165) is 15.1 Å². The minimum Gasteiger partial charge on any atom is -0.368 e. The lowest BCUT2D eigenvalue weighted by atomic mass is 10.2. The number of thioether (sulfide) groups is 1. The van der Waals surface area contributed by atoms with E-state index in [4.69, 9.17) is 11.5 Å². The van der Waals surface area contributed by atoms with Crippen molar-refractivity contribution in [3.63, 3.8) is 0 Å². The smallest absolute Gasteiger partial charge is 0.234 e. The number of halogens is 1. The molecule has 15 heavy (non-hydrogen) atoms. The maximum Gasteiger partial charge on any atom is 0.234 e. The van der Waals surface area contributed by atoms with Crippen LogP contribution < -0.4 is 11.5 Å². The molecule has 0 aromatic heterocycles. The van der Waals surface area contributed by atoms with Gasteiger partial charge < -0.3 is 11.5 Å². The first-order valence-electron chi connectivity index (χ1n) is 4.53. The van der Waals surface area contributed by atoms with E-state index >= 15 is 0 Å². The topological polar surface area (TPSA) is 69.1 Å². The fraction of sp³-hybridized carbons (Fsp3) is 0.300. The van der Waals surface area contributed by atoms with Crippen LogP contribution in [-0.4, -0.2) is 17.7 Å². The van der Waals surface area contributed by atoms with Crippen molar-refractivity contribution in [3.8, 4) is 0 Å². The number of nitrogens with two attached hydrogens (primary N) is 2. The second kappa shape index (κ2) is 6.15. The van der Waals surface area contributed by atoms with Crippen molar-refractivity contribution in [1.29, 1.82) is 0 Å². The van der Waals surface area contributed by atoms with Gasteiger partial charge >= 0.3 is 0 Å². The average Bonchev–Trinajstić information content (AvgIpc) is 2.17. The summed E-state index contributed by atoms with van der Waals surface area (Å²) in [4.78, 5) is 11.8. The lowest BCUT2D eigenvalue weighted by Gasteiger charge is -2.06. The predicted molar refractivity (Wildman–Crippen MR) is 66.7 cm³/mol. The van der Waals surface area contributed by atoms with Crippen molar-refractivity contribution >= 4 is 33.6 Å². The van der Waals surface area contributed by atoms with E-state index in [-0.39, 0.29) is 0 Å². The molecule has 0 saturated heterocycles. The third-order valence-corrected chi connectivity index (χ3v) is 3.38. The Hall–Kier alpha value is -0.520. The lowest BCUT2D eigenvalue weighted by Crippen LogP contribution is -2.36. The van der Waals surface area contributed by atoms with Crippen molar-refractivity contribution in [3.05, 3.63) is 28.7 Å². The van der Waals surface area contributed by atoms with Crippen molar-refractivity contribution in [1.82, 2.24) is 0 Å². The fourth-order valence-electron chi connectivity index (χ4n) is 1.00. The first-order valence-corrected chi connectivity index (χ1v) is 6.30. The van der Waals surface area contributed by atoms with Crippen LogP contribution >= 0.6 is 27.7 Å². The summed E-state index contributed by atoms with van der Waals surface area (Å²) in [5.74, 6) is 0.352. The molecule has 1 rings (SSSR count). The van der Waals surface area contributed by atoms with E-state index in [9.17, 15) is 4.79 Å². The third kappa shape index (κ3) is 4.68. The molecule has 4 N–H and O–H groups in total. The summed E-state index contributed by atoms with van der Waals surface area (Å²) in [6, 6.07) is 7.45. The average molecular weight is 289 g/mol. The van der Waals surface area contributed by atoms with Crippen LogP contribution in [-0.2, 0) is 4.79 Å². The summed E-state index contributed by atoms with van der Waals surface area (Å²) in [5, 5.41) is 0. The lowest BCUT2D eigenvalue weighted by molar-refractivity contribution is -0.119. The summed E-state index contributed by atoms with van der Waals surface area (Å²) >= 11 is 5.06. The molecule has 0 spiro atoms. The summed E-state index contributed by atoms with van der Waals surface area (Å²) in [5.41, 5.74) is 10.6. The Bertz CT molecular complexity index is 346. The van der Waals surface area contributed by atoms with Crippen LogP contribution in [0.15, 0.2) is 33.6 Å². The Balaban J connectivity index is 2.35. The molecule has 0 aliphatic heterocycles. The molecule has 1 aromatic rings. The number of carbonyl (C=O) groups excluding carboxylic acids is 1. The van der Waals surface area contributed by atoms with Crippen LogP contribution in [0.1, 0.15) is 6.42 Å². The highest BCUT2D eigenvalue weighted by Crippen LogP contribution is 2.22. The first-order chi connectivity index (χ1) is 7.09. The van der Waals surface area contributed by atoms with Gasteiger partial charge in [-0.25, -0.2) is 0 Å². The van der Waals surface area contributed by atoms with E-state index < -0.39 is 11.9 Å². The van der Waals surface area contributed by atoms with Crippen molar-refractivity contribution in [2.24, 2.45) is 11.5 Å². The van der Waals surface area contributed by atoms with Gasteiger partial charge in [-0.2, -0.15) is 0 Å². The van der Waals surface area contributed by atoms with Gasteiger partial charge in [0.2, 0.25) is 5.91 Å². The highest BCUT2D eigenvalue weighted by Gasteiger charge is 2.08. The molecule has 0 saturated carbocycles. The van der Waals surface area contributed by atoms with Crippen molar-refractivity contribution in [2.75, 3.05) is 5.75 Å². The van der Waals surface area contributed by atoms with Gasteiger partial charge in [-0.1, -0.05) is 22.0 Å². The number of benzene rings is 1. The third-order valence-electron chi connectivity index (χ3n) is 1.86. The number of primary amides is 1. The number of carbonyl (C=O) groups is 1. The minimum absolute atomic E-state index is 0.440. The molecular weight excluding hydrogens is 276 g/mol. The molecule has 0 aliphatic carbocycles. The number of hydrogen-bond acceptors (Lipinski definition) is 3. The number of amides is 1. The van der Waals surface area contributed by atoms with Gasteiger partial charge in [0.25, 0.3) is 0 Å². The van der Waals surface area contributed by atoms with Crippen LogP contribution in [0.4, 0.5) is 0 Å². The Morgan fingerprint density at radius 3 is 2.87 bits per heavy atom. The number of rotatable bonds is 5. The molecule has 0 radical (unpaired) electrons. The summed E-state index contributed by atoms with van der Waals surface area (Å²) in [6.07, 6.45) is 0.604. The van der Waals surface area contributed by atoms with E-state index in [1.165, 1.54) is 0 Å².